The van der Waals surface area contributed by atoms with Gasteiger partial charge in [-0.3, -0.25) is 4.79 Å². The number of amides is 1. The van der Waals surface area contributed by atoms with E-state index in [4.69, 9.17) is 0 Å². The van der Waals surface area contributed by atoms with Crippen molar-refractivity contribution in [3.05, 3.63) is 71.8 Å². The van der Waals surface area contributed by atoms with Crippen LogP contribution in [0.2, 0.25) is 0 Å². The van der Waals surface area contributed by atoms with Crippen molar-refractivity contribution in [2.24, 2.45) is 0 Å². The van der Waals surface area contributed by atoms with Crippen LogP contribution in [0.15, 0.2) is 59.5 Å². The zero-order chi connectivity index (χ0) is 21.8. The SMILES string of the molecule is O=C1NC2(CCN(S(=O)(=O)c3ccc4ccccc4c3)CC2)Nc2cc(F)c(F)cc21. The van der Waals surface area contributed by atoms with Crippen LogP contribution in [-0.4, -0.2) is 37.4 Å². The van der Waals surface area contributed by atoms with E-state index >= 15 is 0 Å². The molecule has 0 atom stereocenters. The predicted octanol–water partition coefficient (Wildman–Crippen LogP) is 3.45. The van der Waals surface area contributed by atoms with Crippen molar-refractivity contribution in [2.75, 3.05) is 18.4 Å². The molecule has 2 heterocycles. The third kappa shape index (κ3) is 3.34. The van der Waals surface area contributed by atoms with Gasteiger partial charge in [0.2, 0.25) is 10.0 Å². The highest BCUT2D eigenvalue weighted by molar-refractivity contribution is 7.89. The Bertz CT molecular complexity index is 1320. The van der Waals surface area contributed by atoms with E-state index in [0.29, 0.717) is 0 Å². The summed E-state index contributed by atoms with van der Waals surface area (Å²) in [6, 6.07) is 14.4. The Hall–Kier alpha value is -3.04. The fourth-order valence-corrected chi connectivity index (χ4v) is 5.72. The van der Waals surface area contributed by atoms with Gasteiger partial charge in [0.25, 0.3) is 5.91 Å². The molecule has 3 aromatic rings. The number of fused-ring (bicyclic) bond motifs is 2. The highest BCUT2D eigenvalue weighted by atomic mass is 32.2. The number of hydrogen-bond acceptors (Lipinski definition) is 4. The molecule has 2 aliphatic rings. The minimum absolute atomic E-state index is 0.0238. The quantitative estimate of drug-likeness (QED) is 0.636. The molecular weight excluding hydrogens is 424 g/mol. The number of anilines is 1. The van der Waals surface area contributed by atoms with Gasteiger partial charge in [-0.25, -0.2) is 17.2 Å². The van der Waals surface area contributed by atoms with E-state index in [-0.39, 0.29) is 42.1 Å². The number of sulfonamides is 1. The monoisotopic (exact) mass is 443 g/mol. The van der Waals surface area contributed by atoms with E-state index in [2.05, 4.69) is 10.6 Å². The van der Waals surface area contributed by atoms with Gasteiger partial charge in [-0.2, -0.15) is 4.31 Å². The maximum atomic E-state index is 13.7. The lowest BCUT2D eigenvalue weighted by molar-refractivity contribution is 0.0864. The van der Waals surface area contributed by atoms with Gasteiger partial charge in [0, 0.05) is 32.0 Å². The first kappa shape index (κ1) is 19.9. The van der Waals surface area contributed by atoms with Crippen molar-refractivity contribution in [1.29, 1.82) is 0 Å². The highest BCUT2D eigenvalue weighted by Gasteiger charge is 2.43. The number of hydrogen-bond donors (Lipinski definition) is 2. The fourth-order valence-electron chi connectivity index (χ4n) is 4.25. The minimum Gasteiger partial charge on any atom is -0.362 e. The van der Waals surface area contributed by atoms with Crippen molar-refractivity contribution in [1.82, 2.24) is 9.62 Å². The van der Waals surface area contributed by atoms with Crippen LogP contribution in [0.3, 0.4) is 0 Å². The second-order valence-electron chi connectivity index (χ2n) is 7.89. The molecule has 6 nitrogen and oxygen atoms in total. The lowest BCUT2D eigenvalue weighted by Crippen LogP contribution is -2.62. The van der Waals surface area contributed by atoms with Crippen molar-refractivity contribution in [2.45, 2.75) is 23.4 Å². The lowest BCUT2D eigenvalue weighted by Gasteiger charge is -2.45. The maximum Gasteiger partial charge on any atom is 0.255 e. The topological polar surface area (TPSA) is 78.5 Å². The summed E-state index contributed by atoms with van der Waals surface area (Å²) in [5.74, 6) is -2.66. The number of benzene rings is 3. The van der Waals surface area contributed by atoms with Crippen LogP contribution in [0.4, 0.5) is 14.5 Å². The summed E-state index contributed by atoms with van der Waals surface area (Å²) in [6.45, 7) is 0.336. The molecule has 3 aromatic carbocycles. The Balaban J connectivity index is 1.38. The normalized spacial score (nSPS) is 18.5. The molecule has 1 spiro atoms. The first-order valence-electron chi connectivity index (χ1n) is 9.86. The second kappa shape index (κ2) is 7.00. The van der Waals surface area contributed by atoms with Gasteiger partial charge in [0.05, 0.1) is 16.1 Å². The molecule has 0 unspecified atom stereocenters. The Morgan fingerprint density at radius 2 is 1.55 bits per heavy atom. The number of nitrogens with one attached hydrogen (secondary N) is 2. The molecule has 1 amide bonds. The van der Waals surface area contributed by atoms with Gasteiger partial charge in [-0.15, -0.1) is 0 Å². The van der Waals surface area contributed by atoms with E-state index in [0.717, 1.165) is 22.9 Å². The molecule has 0 aliphatic carbocycles. The van der Waals surface area contributed by atoms with Crippen LogP contribution >= 0.6 is 0 Å². The fraction of sp³-hybridized carbons (Fsp3) is 0.227. The van der Waals surface area contributed by atoms with Crippen LogP contribution in [0, 0.1) is 11.6 Å². The Morgan fingerprint density at radius 1 is 0.871 bits per heavy atom. The van der Waals surface area contributed by atoms with E-state index in [9.17, 15) is 22.0 Å². The summed E-state index contributed by atoms with van der Waals surface area (Å²) in [4.78, 5) is 12.7. The molecule has 0 aromatic heterocycles. The number of piperidine rings is 1. The molecule has 2 aliphatic heterocycles. The van der Waals surface area contributed by atoms with Crippen LogP contribution in [-0.2, 0) is 10.0 Å². The summed E-state index contributed by atoms with van der Waals surface area (Å²) < 4.78 is 54.9. The first-order valence-corrected chi connectivity index (χ1v) is 11.3. The molecule has 9 heteroatoms. The average Bonchev–Trinajstić information content (AvgIpc) is 2.75. The molecular formula is C22H19F2N3O3S. The average molecular weight is 443 g/mol. The van der Waals surface area contributed by atoms with E-state index in [1.807, 2.05) is 24.3 Å². The predicted molar refractivity (Wildman–Crippen MR) is 112 cm³/mol. The highest BCUT2D eigenvalue weighted by Crippen LogP contribution is 2.34. The molecule has 0 saturated carbocycles. The van der Waals surface area contributed by atoms with Gasteiger partial charge >= 0.3 is 0 Å². The zero-order valence-corrected chi connectivity index (χ0v) is 17.2. The van der Waals surface area contributed by atoms with E-state index in [1.54, 1.807) is 18.2 Å². The largest absolute Gasteiger partial charge is 0.362 e. The molecule has 1 saturated heterocycles. The van der Waals surface area contributed by atoms with Crippen molar-refractivity contribution < 1.29 is 22.0 Å². The van der Waals surface area contributed by atoms with Crippen molar-refractivity contribution in [3.63, 3.8) is 0 Å². The Kier molecular flexibility index (Phi) is 4.49. The number of nitrogens with zero attached hydrogens (tertiary/aromatic N) is 1. The molecule has 31 heavy (non-hydrogen) atoms. The van der Waals surface area contributed by atoms with Gasteiger partial charge in [-0.05, 0) is 29.0 Å². The molecule has 5 rings (SSSR count). The number of halogens is 2. The molecule has 160 valence electrons. The number of carbonyl (C=O) groups excluding carboxylic acids is 1. The maximum absolute atomic E-state index is 13.7. The number of rotatable bonds is 2. The van der Waals surface area contributed by atoms with Crippen LogP contribution < -0.4 is 10.6 Å². The van der Waals surface area contributed by atoms with Gasteiger partial charge < -0.3 is 10.6 Å². The first-order chi connectivity index (χ1) is 14.8. The summed E-state index contributed by atoms with van der Waals surface area (Å²) >= 11 is 0. The third-order valence-electron chi connectivity index (χ3n) is 5.97. The van der Waals surface area contributed by atoms with Gasteiger partial charge in [-0.1, -0.05) is 30.3 Å². The second-order valence-corrected chi connectivity index (χ2v) is 9.82. The summed E-state index contributed by atoms with van der Waals surface area (Å²) in [5.41, 5.74) is -0.687. The smallest absolute Gasteiger partial charge is 0.255 e. The zero-order valence-electron chi connectivity index (χ0n) is 16.4. The van der Waals surface area contributed by atoms with Gasteiger partial charge in [0.1, 0.15) is 5.66 Å². The summed E-state index contributed by atoms with van der Waals surface area (Å²) in [6.07, 6.45) is 0.563. The van der Waals surface area contributed by atoms with Crippen LogP contribution in [0.5, 0.6) is 0 Å². The van der Waals surface area contributed by atoms with Crippen molar-refractivity contribution in [3.8, 4) is 0 Å². The van der Waals surface area contributed by atoms with E-state index < -0.39 is 33.2 Å². The Labute approximate surface area is 177 Å². The summed E-state index contributed by atoms with van der Waals surface area (Å²) in [5, 5.41) is 7.69. The van der Waals surface area contributed by atoms with Crippen LogP contribution in [0.1, 0.15) is 23.2 Å². The third-order valence-corrected chi connectivity index (χ3v) is 7.86. The van der Waals surface area contributed by atoms with Gasteiger partial charge in [0.15, 0.2) is 11.6 Å². The number of carbonyl (C=O) groups is 1. The molecule has 1 fully saturated rings. The summed E-state index contributed by atoms with van der Waals surface area (Å²) in [7, 11) is -3.71. The Morgan fingerprint density at radius 3 is 2.29 bits per heavy atom. The lowest BCUT2D eigenvalue weighted by atomic mass is 9.93. The van der Waals surface area contributed by atoms with Crippen LogP contribution in [0.25, 0.3) is 10.8 Å². The molecule has 2 N–H and O–H groups in total. The molecule has 0 radical (unpaired) electrons. The molecule has 0 bridgehead atoms. The van der Waals surface area contributed by atoms with E-state index in [1.165, 1.54) is 4.31 Å². The van der Waals surface area contributed by atoms with Crippen molar-refractivity contribution >= 4 is 32.4 Å². The minimum atomic E-state index is -3.71. The standard InChI is InChI=1S/C22H19F2N3O3S/c23-18-12-17-20(13-19(18)24)25-22(26-21(17)28)7-9-27(10-8-22)31(29,30)16-6-5-14-3-1-2-4-15(14)11-16/h1-6,11-13,25H,7-10H2,(H,26,28).